The van der Waals surface area contributed by atoms with Gasteiger partial charge in [-0.3, -0.25) is 10.00 Å². The lowest BCUT2D eigenvalue weighted by Crippen LogP contribution is -2.20. The Bertz CT molecular complexity index is 562. The second kappa shape index (κ2) is 5.09. The summed E-state index contributed by atoms with van der Waals surface area (Å²) in [6, 6.07) is 2.00. The topological polar surface area (TPSA) is 57.7 Å². The molecule has 2 aromatic rings. The monoisotopic (exact) mass is 257 g/mol. The zero-order chi connectivity index (χ0) is 13.2. The second-order valence-electron chi connectivity index (χ2n) is 5.28. The summed E-state index contributed by atoms with van der Waals surface area (Å²) >= 11 is 0. The SMILES string of the molecule is Cc1nccc(CN2CCC(c3[nH]ncc3C)C2)n1. The number of aryl methyl sites for hydroxylation is 2. The van der Waals surface area contributed by atoms with Crippen LogP contribution in [-0.4, -0.2) is 38.2 Å². The third kappa shape index (κ3) is 2.66. The standard InChI is InChI=1S/C14H19N5/c1-10-7-16-18-14(10)12-4-6-19(8-12)9-13-3-5-15-11(2)17-13/h3,5,7,12H,4,6,8-9H2,1-2H3,(H,16,18). The lowest BCUT2D eigenvalue weighted by atomic mass is 10.0. The predicted octanol–water partition coefficient (Wildman–Crippen LogP) is 1.81. The molecule has 19 heavy (non-hydrogen) atoms. The smallest absolute Gasteiger partial charge is 0.125 e. The number of H-pyrrole nitrogens is 1. The average Bonchev–Trinajstić information content (AvgIpc) is 2.98. The van der Waals surface area contributed by atoms with E-state index in [0.717, 1.165) is 31.2 Å². The fraction of sp³-hybridized carbons (Fsp3) is 0.500. The summed E-state index contributed by atoms with van der Waals surface area (Å²) in [5.74, 6) is 1.42. The molecular weight excluding hydrogens is 238 g/mol. The predicted molar refractivity (Wildman–Crippen MR) is 72.7 cm³/mol. The van der Waals surface area contributed by atoms with Gasteiger partial charge in [-0.15, -0.1) is 0 Å². The van der Waals surface area contributed by atoms with Crippen molar-refractivity contribution in [2.75, 3.05) is 13.1 Å². The third-order valence-corrected chi connectivity index (χ3v) is 3.77. The highest BCUT2D eigenvalue weighted by Gasteiger charge is 2.26. The number of rotatable bonds is 3. The van der Waals surface area contributed by atoms with Crippen LogP contribution in [0.3, 0.4) is 0 Å². The minimum absolute atomic E-state index is 0.574. The molecule has 3 rings (SSSR count). The van der Waals surface area contributed by atoms with Crippen LogP contribution in [0, 0.1) is 13.8 Å². The highest BCUT2D eigenvalue weighted by Crippen LogP contribution is 2.28. The number of aromatic amines is 1. The van der Waals surface area contributed by atoms with Gasteiger partial charge in [-0.2, -0.15) is 5.10 Å². The second-order valence-corrected chi connectivity index (χ2v) is 5.28. The Morgan fingerprint density at radius 1 is 1.42 bits per heavy atom. The van der Waals surface area contributed by atoms with E-state index in [1.54, 1.807) is 0 Å². The fourth-order valence-electron chi connectivity index (χ4n) is 2.80. The van der Waals surface area contributed by atoms with Crippen molar-refractivity contribution in [2.45, 2.75) is 32.7 Å². The zero-order valence-corrected chi connectivity index (χ0v) is 11.4. The van der Waals surface area contributed by atoms with Crippen molar-refractivity contribution < 1.29 is 0 Å². The van der Waals surface area contributed by atoms with Crippen molar-refractivity contribution in [3.05, 3.63) is 41.2 Å². The van der Waals surface area contributed by atoms with E-state index in [1.165, 1.54) is 17.7 Å². The normalized spacial score (nSPS) is 20.0. The fourth-order valence-corrected chi connectivity index (χ4v) is 2.80. The summed E-state index contributed by atoms with van der Waals surface area (Å²) < 4.78 is 0. The van der Waals surface area contributed by atoms with Crippen molar-refractivity contribution in [3.63, 3.8) is 0 Å². The van der Waals surface area contributed by atoms with Gasteiger partial charge in [0.1, 0.15) is 5.82 Å². The Hall–Kier alpha value is -1.75. The van der Waals surface area contributed by atoms with Gasteiger partial charge in [-0.05, 0) is 38.4 Å². The number of hydrogen-bond donors (Lipinski definition) is 1. The molecule has 1 aliphatic heterocycles. The molecule has 0 spiro atoms. The van der Waals surface area contributed by atoms with Gasteiger partial charge in [-0.1, -0.05) is 0 Å². The van der Waals surface area contributed by atoms with Crippen LogP contribution in [-0.2, 0) is 6.54 Å². The maximum atomic E-state index is 4.47. The Morgan fingerprint density at radius 2 is 2.32 bits per heavy atom. The molecule has 100 valence electrons. The van der Waals surface area contributed by atoms with E-state index >= 15 is 0 Å². The molecule has 1 atom stereocenters. The minimum atomic E-state index is 0.574. The van der Waals surface area contributed by atoms with Gasteiger partial charge >= 0.3 is 0 Å². The maximum absolute atomic E-state index is 4.47. The van der Waals surface area contributed by atoms with Crippen LogP contribution >= 0.6 is 0 Å². The Labute approximate surface area is 113 Å². The van der Waals surface area contributed by atoms with Crippen LogP contribution in [0.4, 0.5) is 0 Å². The number of hydrogen-bond acceptors (Lipinski definition) is 4. The van der Waals surface area contributed by atoms with Gasteiger partial charge in [0.05, 0.1) is 11.9 Å². The van der Waals surface area contributed by atoms with E-state index in [1.807, 2.05) is 25.4 Å². The van der Waals surface area contributed by atoms with Gasteiger partial charge in [-0.25, -0.2) is 9.97 Å². The molecule has 0 saturated carbocycles. The van der Waals surface area contributed by atoms with Gasteiger partial charge < -0.3 is 0 Å². The van der Waals surface area contributed by atoms with E-state index in [0.29, 0.717) is 5.92 Å². The first-order valence-electron chi connectivity index (χ1n) is 6.73. The molecule has 5 heteroatoms. The first kappa shape index (κ1) is 12.3. The van der Waals surface area contributed by atoms with Crippen LogP contribution in [0.15, 0.2) is 18.5 Å². The molecule has 0 radical (unpaired) electrons. The Balaban J connectivity index is 1.65. The highest BCUT2D eigenvalue weighted by molar-refractivity contribution is 5.20. The van der Waals surface area contributed by atoms with E-state index in [-0.39, 0.29) is 0 Å². The number of likely N-dealkylation sites (tertiary alicyclic amines) is 1. The summed E-state index contributed by atoms with van der Waals surface area (Å²) in [4.78, 5) is 11.1. The molecule has 0 bridgehead atoms. The van der Waals surface area contributed by atoms with E-state index < -0.39 is 0 Å². The van der Waals surface area contributed by atoms with E-state index in [2.05, 4.69) is 32.0 Å². The Kier molecular flexibility index (Phi) is 3.29. The van der Waals surface area contributed by atoms with Crippen LogP contribution < -0.4 is 0 Å². The number of nitrogens with one attached hydrogen (secondary N) is 1. The maximum Gasteiger partial charge on any atom is 0.125 e. The van der Waals surface area contributed by atoms with Crippen LogP contribution in [0.1, 0.15) is 35.1 Å². The van der Waals surface area contributed by atoms with Crippen molar-refractivity contribution >= 4 is 0 Å². The molecule has 0 aromatic carbocycles. The van der Waals surface area contributed by atoms with Crippen molar-refractivity contribution in [1.82, 2.24) is 25.1 Å². The highest BCUT2D eigenvalue weighted by atomic mass is 15.2. The first-order valence-corrected chi connectivity index (χ1v) is 6.73. The molecule has 0 aliphatic carbocycles. The van der Waals surface area contributed by atoms with E-state index in [9.17, 15) is 0 Å². The molecule has 1 aliphatic rings. The van der Waals surface area contributed by atoms with Gasteiger partial charge in [0, 0.05) is 30.9 Å². The molecule has 1 fully saturated rings. The summed E-state index contributed by atoms with van der Waals surface area (Å²) in [7, 11) is 0. The Morgan fingerprint density at radius 3 is 3.05 bits per heavy atom. The molecule has 1 saturated heterocycles. The van der Waals surface area contributed by atoms with Crippen molar-refractivity contribution in [3.8, 4) is 0 Å². The first-order chi connectivity index (χ1) is 9.22. The minimum Gasteiger partial charge on any atom is -0.297 e. The van der Waals surface area contributed by atoms with Gasteiger partial charge in [0.2, 0.25) is 0 Å². The lowest BCUT2D eigenvalue weighted by molar-refractivity contribution is 0.321. The zero-order valence-electron chi connectivity index (χ0n) is 11.4. The summed E-state index contributed by atoms with van der Waals surface area (Å²) in [5, 5.41) is 7.26. The molecule has 1 N–H and O–H groups in total. The number of nitrogens with zero attached hydrogens (tertiary/aromatic N) is 4. The molecule has 2 aromatic heterocycles. The molecule has 1 unspecified atom stereocenters. The van der Waals surface area contributed by atoms with Gasteiger partial charge in [0.15, 0.2) is 0 Å². The molecular formula is C14H19N5. The molecule has 0 amide bonds. The quantitative estimate of drug-likeness (QED) is 0.911. The number of aromatic nitrogens is 4. The van der Waals surface area contributed by atoms with Gasteiger partial charge in [0.25, 0.3) is 0 Å². The summed E-state index contributed by atoms with van der Waals surface area (Å²) in [5.41, 5.74) is 3.67. The lowest BCUT2D eigenvalue weighted by Gasteiger charge is -2.15. The van der Waals surface area contributed by atoms with Crippen molar-refractivity contribution in [1.29, 1.82) is 0 Å². The third-order valence-electron chi connectivity index (χ3n) is 3.77. The van der Waals surface area contributed by atoms with E-state index in [4.69, 9.17) is 0 Å². The van der Waals surface area contributed by atoms with Crippen molar-refractivity contribution in [2.24, 2.45) is 0 Å². The largest absolute Gasteiger partial charge is 0.297 e. The summed E-state index contributed by atoms with van der Waals surface area (Å²) in [6.45, 7) is 7.16. The molecule has 3 heterocycles. The van der Waals surface area contributed by atoms with Crippen LogP contribution in [0.5, 0.6) is 0 Å². The van der Waals surface area contributed by atoms with Crippen LogP contribution in [0.25, 0.3) is 0 Å². The summed E-state index contributed by atoms with van der Waals surface area (Å²) in [6.07, 6.45) is 4.93. The molecule has 5 nitrogen and oxygen atoms in total. The average molecular weight is 257 g/mol. The van der Waals surface area contributed by atoms with Crippen LogP contribution in [0.2, 0.25) is 0 Å².